The van der Waals surface area contributed by atoms with Crippen LogP contribution in [0.2, 0.25) is 0 Å². The summed E-state index contributed by atoms with van der Waals surface area (Å²) in [6, 6.07) is 15.5. The molecule has 4 heteroatoms. The van der Waals surface area contributed by atoms with Crippen molar-refractivity contribution >= 4 is 5.97 Å². The topological polar surface area (TPSA) is 55.8 Å². The van der Waals surface area contributed by atoms with Gasteiger partial charge in [-0.1, -0.05) is 36.4 Å². The summed E-state index contributed by atoms with van der Waals surface area (Å²) in [4.78, 5) is 11.0. The van der Waals surface area contributed by atoms with Crippen LogP contribution in [0.5, 0.6) is 5.75 Å². The van der Waals surface area contributed by atoms with Crippen LogP contribution in [-0.2, 0) is 16.1 Å². The van der Waals surface area contributed by atoms with E-state index in [1.165, 1.54) is 5.56 Å². The van der Waals surface area contributed by atoms with Gasteiger partial charge < -0.3 is 14.6 Å². The molecular formula is C20H24O4. The fourth-order valence-corrected chi connectivity index (χ4v) is 2.44. The lowest BCUT2D eigenvalue weighted by Crippen LogP contribution is -2.14. The van der Waals surface area contributed by atoms with E-state index in [4.69, 9.17) is 14.6 Å². The van der Waals surface area contributed by atoms with E-state index in [9.17, 15) is 4.79 Å². The maximum absolute atomic E-state index is 11.0. The molecule has 0 radical (unpaired) electrons. The highest BCUT2D eigenvalue weighted by molar-refractivity contribution is 5.67. The average Bonchev–Trinajstić information content (AvgIpc) is 2.53. The fourth-order valence-electron chi connectivity index (χ4n) is 2.44. The van der Waals surface area contributed by atoms with Crippen molar-refractivity contribution in [1.29, 1.82) is 0 Å². The minimum atomic E-state index is -0.875. The predicted octanol–water partition coefficient (Wildman–Crippen LogP) is 4.51. The summed E-state index contributed by atoms with van der Waals surface area (Å²) in [6.07, 6.45) is -0.541. The molecule has 0 aromatic heterocycles. The molecule has 0 spiro atoms. The highest BCUT2D eigenvalue weighted by Crippen LogP contribution is 2.25. The number of hydrogen-bond acceptors (Lipinski definition) is 3. The summed E-state index contributed by atoms with van der Waals surface area (Å²) >= 11 is 0. The van der Waals surface area contributed by atoms with Crippen LogP contribution in [0.4, 0.5) is 0 Å². The Hall–Kier alpha value is -2.33. The van der Waals surface area contributed by atoms with Crippen LogP contribution in [0.3, 0.4) is 0 Å². The number of carboxylic acids is 1. The summed E-state index contributed by atoms with van der Waals surface area (Å²) in [7, 11) is 0. The molecule has 128 valence electrons. The third-order valence-corrected chi connectivity index (χ3v) is 3.70. The van der Waals surface area contributed by atoms with E-state index in [1.54, 1.807) is 0 Å². The Morgan fingerprint density at radius 1 is 1.08 bits per heavy atom. The van der Waals surface area contributed by atoms with Crippen molar-refractivity contribution in [3.8, 4) is 5.75 Å². The van der Waals surface area contributed by atoms with Gasteiger partial charge in [0.05, 0.1) is 18.6 Å². The van der Waals surface area contributed by atoms with E-state index in [1.807, 2.05) is 56.3 Å². The third kappa shape index (κ3) is 5.39. The number of hydrogen-bond donors (Lipinski definition) is 1. The Morgan fingerprint density at radius 3 is 2.33 bits per heavy atom. The normalized spacial score (nSPS) is 12.2. The zero-order valence-corrected chi connectivity index (χ0v) is 14.4. The summed E-state index contributed by atoms with van der Waals surface area (Å²) < 4.78 is 11.5. The first-order valence-electron chi connectivity index (χ1n) is 8.10. The monoisotopic (exact) mass is 328 g/mol. The lowest BCUT2D eigenvalue weighted by Gasteiger charge is -2.19. The van der Waals surface area contributed by atoms with Gasteiger partial charge in [-0.3, -0.25) is 4.79 Å². The maximum Gasteiger partial charge on any atom is 0.306 e. The van der Waals surface area contributed by atoms with Crippen LogP contribution in [0.25, 0.3) is 0 Å². The van der Waals surface area contributed by atoms with E-state index in [0.717, 1.165) is 16.9 Å². The van der Waals surface area contributed by atoms with Crippen molar-refractivity contribution in [2.45, 2.75) is 46.0 Å². The number of carboxylic acid groups (broad SMARTS) is 1. The molecule has 0 aliphatic carbocycles. The van der Waals surface area contributed by atoms with Gasteiger partial charge in [-0.25, -0.2) is 0 Å². The van der Waals surface area contributed by atoms with Gasteiger partial charge in [0, 0.05) is 0 Å². The van der Waals surface area contributed by atoms with Crippen LogP contribution in [-0.4, -0.2) is 17.2 Å². The predicted molar refractivity (Wildman–Crippen MR) is 93.2 cm³/mol. The van der Waals surface area contributed by atoms with Gasteiger partial charge in [0.25, 0.3) is 0 Å². The van der Waals surface area contributed by atoms with Gasteiger partial charge in [-0.2, -0.15) is 0 Å². The fraction of sp³-hybridized carbons (Fsp3) is 0.350. The zero-order valence-electron chi connectivity index (χ0n) is 14.4. The maximum atomic E-state index is 11.0. The molecule has 1 N–H and O–H groups in total. The van der Waals surface area contributed by atoms with E-state index < -0.39 is 12.1 Å². The number of ether oxygens (including phenoxy) is 2. The number of aliphatic carboxylic acids is 1. The zero-order chi connectivity index (χ0) is 17.5. The first-order valence-corrected chi connectivity index (χ1v) is 8.10. The van der Waals surface area contributed by atoms with Gasteiger partial charge >= 0.3 is 5.97 Å². The molecule has 0 saturated carbocycles. The Bertz CT molecular complexity index is 662. The van der Waals surface area contributed by atoms with E-state index in [-0.39, 0.29) is 12.5 Å². The summed E-state index contributed by atoms with van der Waals surface area (Å²) in [5.41, 5.74) is 3.18. The van der Waals surface area contributed by atoms with Crippen LogP contribution in [0.1, 0.15) is 43.1 Å². The standard InChI is InChI=1S/C20H24O4/c1-14(2)24-19(12-20(21)22)16-8-10-18(11-9-16)23-13-17-7-5-4-6-15(17)3/h4-11,14,19H,12-13H2,1-3H3,(H,21,22). The van der Waals surface area contributed by atoms with Crippen molar-refractivity contribution < 1.29 is 19.4 Å². The molecule has 2 aromatic rings. The molecule has 2 aromatic carbocycles. The second-order valence-electron chi connectivity index (χ2n) is 6.06. The SMILES string of the molecule is Cc1ccccc1COc1ccc(C(CC(=O)O)OC(C)C)cc1. The first-order chi connectivity index (χ1) is 11.5. The van der Waals surface area contributed by atoms with Gasteiger partial charge in [-0.05, 0) is 49.6 Å². The van der Waals surface area contributed by atoms with Gasteiger partial charge in [0.2, 0.25) is 0 Å². The average molecular weight is 328 g/mol. The minimum absolute atomic E-state index is 0.0358. The number of benzene rings is 2. The molecule has 0 saturated heterocycles. The van der Waals surface area contributed by atoms with E-state index in [0.29, 0.717) is 6.61 Å². The Balaban J connectivity index is 2.03. The Labute approximate surface area is 143 Å². The van der Waals surface area contributed by atoms with Crippen molar-refractivity contribution in [3.05, 3.63) is 65.2 Å². The van der Waals surface area contributed by atoms with Gasteiger partial charge in [0.1, 0.15) is 12.4 Å². The van der Waals surface area contributed by atoms with Gasteiger partial charge in [-0.15, -0.1) is 0 Å². The van der Waals surface area contributed by atoms with E-state index >= 15 is 0 Å². The summed E-state index contributed by atoms with van der Waals surface area (Å²) in [5.74, 6) is -0.124. The molecule has 0 aliphatic rings. The van der Waals surface area contributed by atoms with Crippen LogP contribution in [0.15, 0.2) is 48.5 Å². The molecule has 0 fully saturated rings. The lowest BCUT2D eigenvalue weighted by atomic mass is 10.1. The number of rotatable bonds is 8. The Kier molecular flexibility index (Phi) is 6.38. The van der Waals surface area contributed by atoms with Crippen LogP contribution in [0, 0.1) is 6.92 Å². The summed E-state index contributed by atoms with van der Waals surface area (Å²) in [6.45, 7) is 6.36. The van der Waals surface area contributed by atoms with Crippen molar-refractivity contribution in [2.75, 3.05) is 0 Å². The molecule has 0 heterocycles. The van der Waals surface area contributed by atoms with Crippen molar-refractivity contribution in [1.82, 2.24) is 0 Å². The molecule has 1 unspecified atom stereocenters. The summed E-state index contributed by atoms with van der Waals surface area (Å²) in [5, 5.41) is 9.04. The second kappa shape index (κ2) is 8.50. The minimum Gasteiger partial charge on any atom is -0.489 e. The third-order valence-electron chi connectivity index (χ3n) is 3.70. The molecule has 24 heavy (non-hydrogen) atoms. The number of carbonyl (C=O) groups is 1. The second-order valence-corrected chi connectivity index (χ2v) is 6.06. The largest absolute Gasteiger partial charge is 0.489 e. The highest BCUT2D eigenvalue weighted by atomic mass is 16.5. The molecule has 0 aliphatic heterocycles. The van der Waals surface area contributed by atoms with Crippen molar-refractivity contribution in [3.63, 3.8) is 0 Å². The van der Waals surface area contributed by atoms with E-state index in [2.05, 4.69) is 13.0 Å². The number of aryl methyl sites for hydroxylation is 1. The molecule has 0 amide bonds. The molecular weight excluding hydrogens is 304 g/mol. The Morgan fingerprint density at radius 2 is 1.75 bits per heavy atom. The molecule has 2 rings (SSSR count). The molecule has 0 bridgehead atoms. The van der Waals surface area contributed by atoms with Gasteiger partial charge in [0.15, 0.2) is 0 Å². The lowest BCUT2D eigenvalue weighted by molar-refractivity contribution is -0.141. The smallest absolute Gasteiger partial charge is 0.306 e. The van der Waals surface area contributed by atoms with Crippen LogP contribution < -0.4 is 4.74 Å². The van der Waals surface area contributed by atoms with Crippen LogP contribution >= 0.6 is 0 Å². The highest BCUT2D eigenvalue weighted by Gasteiger charge is 2.17. The molecule has 1 atom stereocenters. The van der Waals surface area contributed by atoms with Crippen molar-refractivity contribution in [2.24, 2.45) is 0 Å². The quantitative estimate of drug-likeness (QED) is 0.774. The molecule has 4 nitrogen and oxygen atoms in total. The first kappa shape index (κ1) is 18.0.